The number of thioether (sulfide) groups is 1. The number of urea groups is 1. The van der Waals surface area contributed by atoms with Crippen molar-refractivity contribution in [2.24, 2.45) is 0 Å². The summed E-state index contributed by atoms with van der Waals surface area (Å²) in [4.78, 5) is 12.1. The highest BCUT2D eigenvalue weighted by Crippen LogP contribution is 2.28. The highest BCUT2D eigenvalue weighted by molar-refractivity contribution is 7.99. The van der Waals surface area contributed by atoms with Gasteiger partial charge in [-0.3, -0.25) is 0 Å². The van der Waals surface area contributed by atoms with Gasteiger partial charge in [-0.25, -0.2) is 4.79 Å². The van der Waals surface area contributed by atoms with Gasteiger partial charge in [0.25, 0.3) is 0 Å². The van der Waals surface area contributed by atoms with E-state index in [0.29, 0.717) is 17.8 Å². The van der Waals surface area contributed by atoms with Crippen molar-refractivity contribution in [1.29, 1.82) is 0 Å². The zero-order valence-corrected chi connectivity index (χ0v) is 14.0. The van der Waals surface area contributed by atoms with Crippen LogP contribution in [0, 0.1) is 0 Å². The first-order chi connectivity index (χ1) is 10.8. The second-order valence-corrected chi connectivity index (χ2v) is 7.63. The lowest BCUT2D eigenvalue weighted by molar-refractivity contribution is 0.232. The van der Waals surface area contributed by atoms with Crippen LogP contribution in [0.2, 0.25) is 0 Å². The fraction of sp³-hybridized carbons (Fsp3) is 0.800. The molecule has 2 N–H and O–H groups in total. The minimum Gasteiger partial charge on any atom is -0.335 e. The van der Waals surface area contributed by atoms with Crippen LogP contribution >= 0.6 is 11.8 Å². The molecule has 1 saturated carbocycles. The Hall–Kier alpha value is -1.24. The Morgan fingerprint density at radius 2 is 2.27 bits per heavy atom. The van der Waals surface area contributed by atoms with Gasteiger partial charge in [-0.2, -0.15) is 11.8 Å². The lowest BCUT2D eigenvalue weighted by Gasteiger charge is -2.29. The van der Waals surface area contributed by atoms with E-state index in [1.54, 1.807) is 0 Å². The zero-order chi connectivity index (χ0) is 15.4. The number of carbonyl (C=O) groups excluding carboxylic acids is 1. The normalized spacial score (nSPS) is 24.0. The topological polar surface area (TPSA) is 71.8 Å². The van der Waals surface area contributed by atoms with Crippen LogP contribution in [0.3, 0.4) is 0 Å². The Morgan fingerprint density at radius 3 is 3.14 bits per heavy atom. The van der Waals surface area contributed by atoms with Crippen molar-refractivity contribution in [3.63, 3.8) is 0 Å². The van der Waals surface area contributed by atoms with E-state index in [9.17, 15) is 4.79 Å². The molecule has 1 aromatic heterocycles. The number of nitrogens with zero attached hydrogens (tertiary/aromatic N) is 3. The van der Waals surface area contributed by atoms with Crippen LogP contribution in [0.1, 0.15) is 50.7 Å². The first-order valence-corrected chi connectivity index (χ1v) is 9.38. The van der Waals surface area contributed by atoms with E-state index in [4.69, 9.17) is 0 Å². The molecule has 1 aliphatic heterocycles. The molecule has 2 amide bonds. The van der Waals surface area contributed by atoms with Crippen LogP contribution in [0.25, 0.3) is 0 Å². The number of fused-ring (bicyclic) bond motifs is 1. The monoisotopic (exact) mass is 323 g/mol. The van der Waals surface area contributed by atoms with E-state index >= 15 is 0 Å². The van der Waals surface area contributed by atoms with Crippen molar-refractivity contribution in [2.45, 2.75) is 69.8 Å². The van der Waals surface area contributed by atoms with Gasteiger partial charge in [-0.05, 0) is 31.4 Å². The molecule has 0 saturated heterocycles. The van der Waals surface area contributed by atoms with Crippen LogP contribution in [0.5, 0.6) is 0 Å². The van der Waals surface area contributed by atoms with Gasteiger partial charge in [0.1, 0.15) is 5.82 Å². The summed E-state index contributed by atoms with van der Waals surface area (Å²) >= 11 is 2.01. The molecule has 1 aliphatic carbocycles. The Bertz CT molecular complexity index is 516. The van der Waals surface area contributed by atoms with Crippen molar-refractivity contribution >= 4 is 17.8 Å². The third-order valence-corrected chi connectivity index (χ3v) is 5.69. The number of aryl methyl sites for hydroxylation is 1. The Morgan fingerprint density at radius 1 is 1.36 bits per heavy atom. The van der Waals surface area contributed by atoms with Gasteiger partial charge in [-0.1, -0.05) is 13.3 Å². The molecule has 0 bridgehead atoms. The van der Waals surface area contributed by atoms with Gasteiger partial charge in [0, 0.05) is 24.3 Å². The lowest BCUT2D eigenvalue weighted by atomic mass is 9.95. The summed E-state index contributed by atoms with van der Waals surface area (Å²) in [6.07, 6.45) is 6.80. The molecule has 0 radical (unpaired) electrons. The van der Waals surface area contributed by atoms with Crippen LogP contribution in [0.4, 0.5) is 4.79 Å². The Labute approximate surface area is 135 Å². The van der Waals surface area contributed by atoms with E-state index in [1.165, 1.54) is 12.8 Å². The van der Waals surface area contributed by atoms with E-state index < -0.39 is 0 Å². The molecule has 3 rings (SSSR count). The molecule has 2 heterocycles. The maximum atomic E-state index is 12.1. The maximum absolute atomic E-state index is 12.1. The minimum absolute atomic E-state index is 0.0810. The van der Waals surface area contributed by atoms with Crippen LogP contribution < -0.4 is 10.6 Å². The summed E-state index contributed by atoms with van der Waals surface area (Å²) in [5.41, 5.74) is 0. The summed E-state index contributed by atoms with van der Waals surface area (Å²) < 4.78 is 2.12. The van der Waals surface area contributed by atoms with Gasteiger partial charge in [0.2, 0.25) is 0 Å². The fourth-order valence-electron chi connectivity index (χ4n) is 3.40. The molecule has 6 nitrogen and oxygen atoms in total. The fourth-order valence-corrected chi connectivity index (χ4v) is 4.57. The molecule has 1 fully saturated rings. The Kier molecular flexibility index (Phi) is 5.23. The van der Waals surface area contributed by atoms with E-state index in [2.05, 4.69) is 32.3 Å². The summed E-state index contributed by atoms with van der Waals surface area (Å²) in [5, 5.41) is 15.1. The molecule has 122 valence electrons. The molecule has 2 unspecified atom stereocenters. The number of nitrogens with one attached hydrogen (secondary N) is 2. The summed E-state index contributed by atoms with van der Waals surface area (Å²) in [5.74, 6) is 3.07. The molecule has 0 spiro atoms. The van der Waals surface area contributed by atoms with Crippen molar-refractivity contribution in [3.8, 4) is 0 Å². The van der Waals surface area contributed by atoms with Gasteiger partial charge >= 0.3 is 6.03 Å². The number of rotatable bonds is 5. The summed E-state index contributed by atoms with van der Waals surface area (Å²) in [6, 6.07) is 0.226. The quantitative estimate of drug-likeness (QED) is 0.870. The smallest absolute Gasteiger partial charge is 0.315 e. The average Bonchev–Trinajstić information content (AvgIpc) is 3.09. The highest BCUT2D eigenvalue weighted by Gasteiger charge is 2.23. The van der Waals surface area contributed by atoms with Crippen molar-refractivity contribution < 1.29 is 4.79 Å². The van der Waals surface area contributed by atoms with Crippen molar-refractivity contribution in [1.82, 2.24) is 25.4 Å². The van der Waals surface area contributed by atoms with Gasteiger partial charge in [0.05, 0.1) is 6.54 Å². The van der Waals surface area contributed by atoms with E-state index in [-0.39, 0.29) is 6.03 Å². The van der Waals surface area contributed by atoms with E-state index in [1.807, 2.05) is 11.8 Å². The number of carbonyl (C=O) groups is 1. The Balaban J connectivity index is 1.44. The van der Waals surface area contributed by atoms with Crippen LogP contribution in [0.15, 0.2) is 0 Å². The number of amides is 2. The standard InChI is InChI=1S/C15H25N5OS/c1-2-22-12-6-3-5-11(9-12)17-15(21)16-10-14-19-18-13-7-4-8-20(13)14/h11-12H,2-10H2,1H3,(H2,16,17,21). The molecule has 7 heteroatoms. The minimum atomic E-state index is -0.0810. The molecule has 2 aliphatic rings. The van der Waals surface area contributed by atoms with Gasteiger partial charge < -0.3 is 15.2 Å². The molecular formula is C15H25N5OS. The number of hydrogen-bond acceptors (Lipinski definition) is 4. The largest absolute Gasteiger partial charge is 0.335 e. The first-order valence-electron chi connectivity index (χ1n) is 8.33. The third-order valence-electron chi connectivity index (χ3n) is 4.46. The van der Waals surface area contributed by atoms with Crippen LogP contribution in [-0.2, 0) is 19.5 Å². The van der Waals surface area contributed by atoms with Gasteiger partial charge in [-0.15, -0.1) is 10.2 Å². The second-order valence-electron chi connectivity index (χ2n) is 6.06. The van der Waals surface area contributed by atoms with Crippen LogP contribution in [-0.4, -0.2) is 37.8 Å². The zero-order valence-electron chi connectivity index (χ0n) is 13.2. The predicted molar refractivity (Wildman–Crippen MR) is 87.9 cm³/mol. The SMILES string of the molecule is CCSC1CCCC(NC(=O)NCc2nnc3n2CCC3)C1. The van der Waals surface area contributed by atoms with Gasteiger partial charge in [0.15, 0.2) is 5.82 Å². The maximum Gasteiger partial charge on any atom is 0.315 e. The molecule has 1 aromatic rings. The average molecular weight is 323 g/mol. The second kappa shape index (κ2) is 7.35. The molecule has 0 aromatic carbocycles. The summed E-state index contributed by atoms with van der Waals surface area (Å²) in [6.45, 7) is 3.63. The predicted octanol–water partition coefficient (Wildman–Crippen LogP) is 2.09. The van der Waals surface area contributed by atoms with Crippen molar-refractivity contribution in [2.75, 3.05) is 5.75 Å². The third kappa shape index (κ3) is 3.74. The van der Waals surface area contributed by atoms with Crippen molar-refractivity contribution in [3.05, 3.63) is 11.6 Å². The van der Waals surface area contributed by atoms with E-state index in [0.717, 1.165) is 49.6 Å². The molecule has 2 atom stereocenters. The highest BCUT2D eigenvalue weighted by atomic mass is 32.2. The number of aromatic nitrogens is 3. The molecular weight excluding hydrogens is 298 g/mol. The first kappa shape index (κ1) is 15.6. The number of hydrogen-bond donors (Lipinski definition) is 2. The molecule has 22 heavy (non-hydrogen) atoms. The summed E-state index contributed by atoms with van der Waals surface area (Å²) in [7, 11) is 0. The lowest BCUT2D eigenvalue weighted by Crippen LogP contribution is -2.44.